The van der Waals surface area contributed by atoms with Crippen molar-refractivity contribution in [2.45, 2.75) is 23.6 Å². The van der Waals surface area contributed by atoms with E-state index in [0.717, 1.165) is 21.5 Å². The molecule has 3 aromatic rings. The number of aromatic nitrogens is 2. The van der Waals surface area contributed by atoms with Crippen molar-refractivity contribution in [2.24, 2.45) is 0 Å². The Balaban J connectivity index is 2.02. The molecule has 0 bridgehead atoms. The van der Waals surface area contributed by atoms with E-state index in [4.69, 9.17) is 5.73 Å². The summed E-state index contributed by atoms with van der Waals surface area (Å²) in [4.78, 5) is 2.29. The number of hydrogen-bond acceptors (Lipinski definition) is 3. The van der Waals surface area contributed by atoms with Crippen LogP contribution in [0, 0.1) is 13.8 Å². The van der Waals surface area contributed by atoms with Crippen LogP contribution in [-0.4, -0.2) is 10.2 Å². The molecule has 0 aliphatic rings. The molecule has 0 atom stereocenters. The molecule has 0 saturated heterocycles. The van der Waals surface area contributed by atoms with Gasteiger partial charge < -0.3 is 5.73 Å². The molecule has 0 aliphatic heterocycles. The molecule has 0 aliphatic carbocycles. The van der Waals surface area contributed by atoms with Crippen LogP contribution in [0.4, 0.5) is 5.69 Å². The average Bonchev–Trinajstić information content (AvgIpc) is 2.80. The number of fused-ring (bicyclic) bond motifs is 1. The molecule has 0 unspecified atom stereocenters. The van der Waals surface area contributed by atoms with Crippen LogP contribution in [0.3, 0.4) is 0 Å². The lowest BCUT2D eigenvalue weighted by molar-refractivity contribution is 1.12. The Hall–Kier alpha value is -1.94. The van der Waals surface area contributed by atoms with Crippen LogP contribution in [0.1, 0.15) is 11.1 Å². The summed E-state index contributed by atoms with van der Waals surface area (Å²) in [6, 6.07) is 10.5. The number of benzene rings is 2. The van der Waals surface area contributed by atoms with Crippen LogP contribution in [0.5, 0.6) is 0 Å². The Labute approximate surface area is 116 Å². The van der Waals surface area contributed by atoms with Gasteiger partial charge in [-0.25, -0.2) is 0 Å². The molecule has 3 rings (SSSR count). The highest BCUT2D eigenvalue weighted by molar-refractivity contribution is 7.99. The minimum atomic E-state index is 0.791. The maximum atomic E-state index is 6.11. The van der Waals surface area contributed by atoms with Crippen molar-refractivity contribution >= 4 is 28.4 Å². The van der Waals surface area contributed by atoms with Gasteiger partial charge in [0.2, 0.25) is 0 Å². The Morgan fingerprint density at radius 1 is 1.11 bits per heavy atom. The van der Waals surface area contributed by atoms with Gasteiger partial charge in [-0.15, -0.1) is 0 Å². The Bertz CT molecular complexity index is 746. The van der Waals surface area contributed by atoms with Crippen LogP contribution >= 0.6 is 11.8 Å². The van der Waals surface area contributed by atoms with Crippen molar-refractivity contribution in [2.75, 3.05) is 5.73 Å². The molecule has 96 valence electrons. The largest absolute Gasteiger partial charge is 0.398 e. The van der Waals surface area contributed by atoms with Gasteiger partial charge in [0, 0.05) is 20.9 Å². The maximum Gasteiger partial charge on any atom is 0.0663 e. The average molecular weight is 269 g/mol. The third kappa shape index (κ3) is 2.31. The van der Waals surface area contributed by atoms with Crippen LogP contribution in [0.2, 0.25) is 0 Å². The lowest BCUT2D eigenvalue weighted by atomic mass is 10.2. The highest BCUT2D eigenvalue weighted by Gasteiger charge is 2.07. The van der Waals surface area contributed by atoms with Crippen LogP contribution in [0.15, 0.2) is 46.3 Å². The first-order valence-corrected chi connectivity index (χ1v) is 6.93. The number of nitrogen functional groups attached to an aromatic ring is 1. The molecule has 3 nitrogen and oxygen atoms in total. The van der Waals surface area contributed by atoms with Gasteiger partial charge >= 0.3 is 0 Å². The third-order valence-corrected chi connectivity index (χ3v) is 4.37. The first-order valence-electron chi connectivity index (χ1n) is 6.11. The Morgan fingerprint density at radius 2 is 1.95 bits per heavy atom. The summed E-state index contributed by atoms with van der Waals surface area (Å²) in [5.41, 5.74) is 10.5. The highest BCUT2D eigenvalue weighted by atomic mass is 32.2. The summed E-state index contributed by atoms with van der Waals surface area (Å²) in [6.45, 7) is 4.23. The van der Waals surface area contributed by atoms with E-state index in [1.807, 2.05) is 6.07 Å². The summed E-state index contributed by atoms with van der Waals surface area (Å²) in [5, 5.41) is 8.05. The smallest absolute Gasteiger partial charge is 0.0663 e. The number of aromatic amines is 1. The van der Waals surface area contributed by atoms with E-state index in [0.29, 0.717) is 0 Å². The molecule has 1 heterocycles. The standard InChI is InChI=1S/C15H15N3S/c1-9-3-4-14(10(2)5-9)19-15-7-13-11(6-12(15)16)8-17-18-13/h3-8H,16H2,1-2H3,(H,17,18). The van der Waals surface area contributed by atoms with E-state index in [1.165, 1.54) is 16.0 Å². The molecule has 0 spiro atoms. The van der Waals surface area contributed by atoms with Crippen molar-refractivity contribution in [1.29, 1.82) is 0 Å². The summed E-state index contributed by atoms with van der Waals surface area (Å²) in [5.74, 6) is 0. The quantitative estimate of drug-likeness (QED) is 0.693. The molecular weight excluding hydrogens is 254 g/mol. The fraction of sp³-hybridized carbons (Fsp3) is 0.133. The predicted molar refractivity (Wildman–Crippen MR) is 80.5 cm³/mol. The zero-order valence-corrected chi connectivity index (χ0v) is 11.7. The molecular formula is C15H15N3S. The predicted octanol–water partition coefficient (Wildman–Crippen LogP) is 3.91. The monoisotopic (exact) mass is 269 g/mol. The number of aryl methyl sites for hydroxylation is 2. The van der Waals surface area contributed by atoms with Crippen molar-refractivity contribution in [3.63, 3.8) is 0 Å². The second kappa shape index (κ2) is 4.63. The van der Waals surface area contributed by atoms with E-state index in [9.17, 15) is 0 Å². The second-order valence-electron chi connectivity index (χ2n) is 4.72. The first-order chi connectivity index (χ1) is 9.13. The second-order valence-corrected chi connectivity index (χ2v) is 5.80. The summed E-state index contributed by atoms with van der Waals surface area (Å²) in [7, 11) is 0. The number of anilines is 1. The number of H-pyrrole nitrogens is 1. The SMILES string of the molecule is Cc1ccc(Sc2cc3[nH]ncc3cc2N)c(C)c1. The molecule has 3 N–H and O–H groups in total. The number of nitrogens with zero attached hydrogens (tertiary/aromatic N) is 1. The number of nitrogens with one attached hydrogen (secondary N) is 1. The van der Waals surface area contributed by atoms with Crippen molar-refractivity contribution in [3.8, 4) is 0 Å². The molecule has 19 heavy (non-hydrogen) atoms. The first kappa shape index (κ1) is 12.1. The van der Waals surface area contributed by atoms with Crippen molar-refractivity contribution in [1.82, 2.24) is 10.2 Å². The van der Waals surface area contributed by atoms with Crippen LogP contribution < -0.4 is 5.73 Å². The highest BCUT2D eigenvalue weighted by Crippen LogP contribution is 2.36. The van der Waals surface area contributed by atoms with E-state index < -0.39 is 0 Å². The minimum Gasteiger partial charge on any atom is -0.398 e. The zero-order valence-electron chi connectivity index (χ0n) is 10.9. The van der Waals surface area contributed by atoms with Gasteiger partial charge in [0.1, 0.15) is 0 Å². The summed E-state index contributed by atoms with van der Waals surface area (Å²) >= 11 is 1.69. The number of rotatable bonds is 2. The van der Waals surface area contributed by atoms with Gasteiger partial charge in [-0.2, -0.15) is 5.10 Å². The van der Waals surface area contributed by atoms with Crippen LogP contribution in [0.25, 0.3) is 10.9 Å². The molecule has 2 aromatic carbocycles. The van der Waals surface area contributed by atoms with Gasteiger partial charge in [0.15, 0.2) is 0 Å². The minimum absolute atomic E-state index is 0.791. The molecule has 0 radical (unpaired) electrons. The van der Waals surface area contributed by atoms with E-state index in [-0.39, 0.29) is 0 Å². The third-order valence-electron chi connectivity index (χ3n) is 3.12. The Morgan fingerprint density at radius 3 is 2.74 bits per heavy atom. The van der Waals surface area contributed by atoms with E-state index in [1.54, 1.807) is 18.0 Å². The van der Waals surface area contributed by atoms with Crippen molar-refractivity contribution < 1.29 is 0 Å². The molecule has 4 heteroatoms. The van der Waals surface area contributed by atoms with Crippen molar-refractivity contribution in [3.05, 3.63) is 47.7 Å². The molecule has 1 aromatic heterocycles. The van der Waals surface area contributed by atoms with E-state index >= 15 is 0 Å². The molecule has 0 saturated carbocycles. The summed E-state index contributed by atoms with van der Waals surface area (Å²) < 4.78 is 0. The lowest BCUT2D eigenvalue weighted by Crippen LogP contribution is -1.89. The fourth-order valence-electron chi connectivity index (χ4n) is 2.11. The van der Waals surface area contributed by atoms with Gasteiger partial charge in [0.25, 0.3) is 0 Å². The fourth-order valence-corrected chi connectivity index (χ4v) is 3.06. The molecule has 0 fully saturated rings. The van der Waals surface area contributed by atoms with Gasteiger partial charge in [0.05, 0.1) is 11.7 Å². The maximum absolute atomic E-state index is 6.11. The summed E-state index contributed by atoms with van der Waals surface area (Å²) in [6.07, 6.45) is 1.79. The van der Waals surface area contributed by atoms with E-state index in [2.05, 4.69) is 48.3 Å². The van der Waals surface area contributed by atoms with Gasteiger partial charge in [-0.05, 0) is 37.6 Å². The lowest BCUT2D eigenvalue weighted by Gasteiger charge is -2.09. The zero-order chi connectivity index (χ0) is 13.4. The van der Waals surface area contributed by atoms with Gasteiger partial charge in [-0.1, -0.05) is 29.5 Å². The molecule has 0 amide bonds. The number of nitrogens with two attached hydrogens (primary N) is 1. The van der Waals surface area contributed by atoms with Gasteiger partial charge in [-0.3, -0.25) is 5.10 Å². The topological polar surface area (TPSA) is 54.7 Å². The van der Waals surface area contributed by atoms with Crippen LogP contribution in [-0.2, 0) is 0 Å². The normalized spacial score (nSPS) is 11.1. The number of hydrogen-bond donors (Lipinski definition) is 2. The Kier molecular flexibility index (Phi) is 2.95.